The Bertz CT molecular complexity index is 672. The highest BCUT2D eigenvalue weighted by Gasteiger charge is 2.14. The molecule has 0 saturated heterocycles. The molecule has 1 heterocycles. The lowest BCUT2D eigenvalue weighted by Crippen LogP contribution is -2.41. The second-order valence-corrected chi connectivity index (χ2v) is 5.15. The van der Waals surface area contributed by atoms with E-state index in [0.717, 1.165) is 0 Å². The van der Waals surface area contributed by atoms with Crippen LogP contribution in [0.25, 0.3) is 0 Å². The Morgan fingerprint density at radius 2 is 1.90 bits per heavy atom. The summed E-state index contributed by atoms with van der Waals surface area (Å²) in [6.07, 6.45) is 1.58. The highest BCUT2D eigenvalue weighted by atomic mass is 79.9. The summed E-state index contributed by atoms with van der Waals surface area (Å²) in [5, 5.41) is 9.85. The van der Waals surface area contributed by atoms with Crippen molar-refractivity contribution in [1.82, 2.24) is 15.8 Å². The summed E-state index contributed by atoms with van der Waals surface area (Å²) in [5.41, 5.74) is 4.63. The lowest BCUT2D eigenvalue weighted by molar-refractivity contribution is 0.0842. The smallest absolute Gasteiger partial charge is 0.286 e. The van der Waals surface area contributed by atoms with E-state index in [2.05, 4.69) is 31.8 Å². The molecule has 0 aliphatic carbocycles. The molecule has 104 valence electrons. The predicted octanol–water partition coefficient (Wildman–Crippen LogP) is 2.21. The van der Waals surface area contributed by atoms with Gasteiger partial charge in [-0.25, -0.2) is 0 Å². The molecule has 2 aromatic rings. The minimum absolute atomic E-state index is 0.0366. The van der Waals surface area contributed by atoms with Gasteiger partial charge in [-0.1, -0.05) is 11.6 Å². The average molecular weight is 359 g/mol. The number of hydrazine groups is 1. The standard InChI is InChI=1S/C12H9BrClN3O3/c13-6-3-9(15-5-6)12(20)17-16-11(19)8-4-7(14)1-2-10(8)18/h1-5,15,18H,(H,16,19)(H,17,20). The molecule has 0 saturated carbocycles. The molecule has 20 heavy (non-hydrogen) atoms. The van der Waals surface area contributed by atoms with Gasteiger partial charge in [0.05, 0.1) is 5.56 Å². The highest BCUT2D eigenvalue weighted by Crippen LogP contribution is 2.21. The van der Waals surface area contributed by atoms with Crippen LogP contribution in [0, 0.1) is 0 Å². The predicted molar refractivity (Wildman–Crippen MR) is 76.5 cm³/mol. The summed E-state index contributed by atoms with van der Waals surface area (Å²) >= 11 is 8.92. The van der Waals surface area contributed by atoms with E-state index in [0.29, 0.717) is 9.50 Å². The fourth-order valence-corrected chi connectivity index (χ4v) is 1.95. The Kier molecular flexibility index (Phi) is 4.31. The maximum Gasteiger partial charge on any atom is 0.286 e. The van der Waals surface area contributed by atoms with Crippen LogP contribution in [0.15, 0.2) is 34.9 Å². The number of rotatable bonds is 2. The van der Waals surface area contributed by atoms with Gasteiger partial charge in [0.2, 0.25) is 0 Å². The van der Waals surface area contributed by atoms with Crippen LogP contribution in [0.2, 0.25) is 5.02 Å². The summed E-state index contributed by atoms with van der Waals surface area (Å²) in [6.45, 7) is 0. The topological polar surface area (TPSA) is 94.2 Å². The molecule has 0 unspecified atom stereocenters. The van der Waals surface area contributed by atoms with Gasteiger partial charge >= 0.3 is 0 Å². The van der Waals surface area contributed by atoms with Crippen LogP contribution in [0.4, 0.5) is 0 Å². The van der Waals surface area contributed by atoms with Crippen LogP contribution in [-0.2, 0) is 0 Å². The number of H-pyrrole nitrogens is 1. The minimum atomic E-state index is -0.677. The van der Waals surface area contributed by atoms with E-state index in [9.17, 15) is 14.7 Å². The Morgan fingerprint density at radius 3 is 2.55 bits per heavy atom. The number of aromatic hydroxyl groups is 1. The molecule has 4 N–H and O–H groups in total. The number of halogens is 2. The Hall–Kier alpha value is -1.99. The maximum absolute atomic E-state index is 11.8. The summed E-state index contributed by atoms with van der Waals surface area (Å²) < 4.78 is 0.710. The van der Waals surface area contributed by atoms with E-state index in [1.54, 1.807) is 12.3 Å². The fourth-order valence-electron chi connectivity index (χ4n) is 1.44. The number of nitrogens with one attached hydrogen (secondary N) is 3. The van der Waals surface area contributed by atoms with Crippen molar-refractivity contribution in [2.24, 2.45) is 0 Å². The largest absolute Gasteiger partial charge is 0.507 e. The number of amides is 2. The fraction of sp³-hybridized carbons (Fsp3) is 0. The van der Waals surface area contributed by atoms with Gasteiger partial charge in [-0.15, -0.1) is 0 Å². The van der Waals surface area contributed by atoms with Gasteiger partial charge in [-0.05, 0) is 40.2 Å². The first-order valence-electron chi connectivity index (χ1n) is 5.40. The van der Waals surface area contributed by atoms with E-state index < -0.39 is 11.8 Å². The number of phenolic OH excluding ortho intramolecular Hbond substituents is 1. The van der Waals surface area contributed by atoms with Gasteiger partial charge in [0.15, 0.2) is 0 Å². The molecule has 0 fully saturated rings. The zero-order chi connectivity index (χ0) is 14.7. The summed E-state index contributed by atoms with van der Waals surface area (Å²) in [5.74, 6) is -1.43. The monoisotopic (exact) mass is 357 g/mol. The van der Waals surface area contributed by atoms with Gasteiger partial charge < -0.3 is 10.1 Å². The third-order valence-corrected chi connectivity index (χ3v) is 3.08. The average Bonchev–Trinajstić information content (AvgIpc) is 2.85. The van der Waals surface area contributed by atoms with Gasteiger partial charge in [0.25, 0.3) is 11.8 Å². The lowest BCUT2D eigenvalue weighted by atomic mass is 10.2. The van der Waals surface area contributed by atoms with Crippen molar-refractivity contribution in [3.8, 4) is 5.75 Å². The van der Waals surface area contributed by atoms with Crippen molar-refractivity contribution in [1.29, 1.82) is 0 Å². The zero-order valence-corrected chi connectivity index (χ0v) is 12.2. The van der Waals surface area contributed by atoms with Crippen molar-refractivity contribution >= 4 is 39.3 Å². The normalized spacial score (nSPS) is 10.1. The van der Waals surface area contributed by atoms with Crippen molar-refractivity contribution in [2.75, 3.05) is 0 Å². The lowest BCUT2D eigenvalue weighted by Gasteiger charge is -2.08. The first-order valence-corrected chi connectivity index (χ1v) is 6.57. The van der Waals surface area contributed by atoms with E-state index >= 15 is 0 Å². The second kappa shape index (κ2) is 5.98. The van der Waals surface area contributed by atoms with E-state index in [1.165, 1.54) is 18.2 Å². The molecule has 2 amide bonds. The molecule has 1 aromatic carbocycles. The number of hydrogen-bond acceptors (Lipinski definition) is 3. The number of hydrogen-bond donors (Lipinski definition) is 4. The van der Waals surface area contributed by atoms with Crippen LogP contribution in [0.3, 0.4) is 0 Å². The SMILES string of the molecule is O=C(NNC(=O)c1cc(Cl)ccc1O)c1cc(Br)c[nH]1. The molecular formula is C12H9BrClN3O3. The van der Waals surface area contributed by atoms with Crippen LogP contribution < -0.4 is 10.9 Å². The number of benzene rings is 1. The first-order chi connectivity index (χ1) is 9.47. The third kappa shape index (κ3) is 3.31. The number of aromatic nitrogens is 1. The molecule has 0 aliphatic rings. The number of carbonyl (C=O) groups is 2. The van der Waals surface area contributed by atoms with Crippen LogP contribution in [-0.4, -0.2) is 21.9 Å². The molecular weight excluding hydrogens is 350 g/mol. The number of aromatic amines is 1. The molecule has 6 nitrogen and oxygen atoms in total. The third-order valence-electron chi connectivity index (χ3n) is 2.39. The highest BCUT2D eigenvalue weighted by molar-refractivity contribution is 9.10. The van der Waals surface area contributed by atoms with Gasteiger partial charge in [0.1, 0.15) is 11.4 Å². The quantitative estimate of drug-likeness (QED) is 0.620. The molecule has 0 atom stereocenters. The molecule has 1 aromatic heterocycles. The first kappa shape index (κ1) is 14.4. The van der Waals surface area contributed by atoms with Gasteiger partial charge in [-0.2, -0.15) is 0 Å². The van der Waals surface area contributed by atoms with E-state index in [1.807, 2.05) is 0 Å². The maximum atomic E-state index is 11.8. The van der Waals surface area contributed by atoms with E-state index in [4.69, 9.17) is 11.6 Å². The summed E-state index contributed by atoms with van der Waals surface area (Å²) in [7, 11) is 0. The van der Waals surface area contributed by atoms with Gasteiger partial charge in [-0.3, -0.25) is 20.4 Å². The van der Waals surface area contributed by atoms with Crippen LogP contribution >= 0.6 is 27.5 Å². The zero-order valence-electron chi connectivity index (χ0n) is 9.91. The summed E-state index contributed by atoms with van der Waals surface area (Å²) in [6, 6.07) is 5.59. The number of carbonyl (C=O) groups excluding carboxylic acids is 2. The van der Waals surface area contributed by atoms with Crippen molar-refractivity contribution in [2.45, 2.75) is 0 Å². The Labute approximate surface area is 127 Å². The molecule has 8 heteroatoms. The second-order valence-electron chi connectivity index (χ2n) is 3.80. The number of phenols is 1. The van der Waals surface area contributed by atoms with Crippen molar-refractivity contribution < 1.29 is 14.7 Å². The Morgan fingerprint density at radius 1 is 1.20 bits per heavy atom. The van der Waals surface area contributed by atoms with Gasteiger partial charge in [0, 0.05) is 15.7 Å². The van der Waals surface area contributed by atoms with Crippen LogP contribution in [0.5, 0.6) is 5.75 Å². The molecule has 0 spiro atoms. The van der Waals surface area contributed by atoms with Crippen molar-refractivity contribution in [3.63, 3.8) is 0 Å². The molecule has 2 rings (SSSR count). The van der Waals surface area contributed by atoms with Crippen molar-refractivity contribution in [3.05, 3.63) is 51.2 Å². The Balaban J connectivity index is 2.02. The van der Waals surface area contributed by atoms with E-state index in [-0.39, 0.29) is 17.0 Å². The summed E-state index contributed by atoms with van der Waals surface area (Å²) in [4.78, 5) is 26.2. The molecule has 0 radical (unpaired) electrons. The minimum Gasteiger partial charge on any atom is -0.507 e. The van der Waals surface area contributed by atoms with Crippen LogP contribution in [0.1, 0.15) is 20.8 Å². The molecule has 0 aliphatic heterocycles. The molecule has 0 bridgehead atoms.